The Kier molecular flexibility index (Phi) is 3.86. The minimum Gasteiger partial charge on any atom is -0.336 e. The molecule has 0 saturated carbocycles. The summed E-state index contributed by atoms with van der Waals surface area (Å²) >= 11 is 1.61. The molecule has 2 aliphatic rings. The number of carbonyl (C=O) groups is 1. The molecular formula is C17H21N3OS. The monoisotopic (exact) mass is 315 g/mol. The molecule has 1 aromatic heterocycles. The molecule has 0 bridgehead atoms. The van der Waals surface area contributed by atoms with E-state index in [9.17, 15) is 4.79 Å². The van der Waals surface area contributed by atoms with Crippen LogP contribution in [0.1, 0.15) is 16.1 Å². The first-order chi connectivity index (χ1) is 10.8. The van der Waals surface area contributed by atoms with Crippen molar-refractivity contribution in [2.75, 3.05) is 39.3 Å². The number of benzene rings is 1. The van der Waals surface area contributed by atoms with Gasteiger partial charge in [0.25, 0.3) is 5.91 Å². The van der Waals surface area contributed by atoms with E-state index in [1.807, 2.05) is 23.1 Å². The van der Waals surface area contributed by atoms with Gasteiger partial charge in [-0.25, -0.2) is 0 Å². The summed E-state index contributed by atoms with van der Waals surface area (Å²) in [6.45, 7) is 6.13. The van der Waals surface area contributed by atoms with Crippen molar-refractivity contribution < 1.29 is 4.79 Å². The second-order valence-corrected chi connectivity index (χ2v) is 7.21. The van der Waals surface area contributed by atoms with E-state index in [0.717, 1.165) is 50.6 Å². The van der Waals surface area contributed by atoms with Crippen LogP contribution in [-0.4, -0.2) is 61.0 Å². The third kappa shape index (κ3) is 2.64. The number of amides is 1. The van der Waals surface area contributed by atoms with E-state index in [1.54, 1.807) is 11.3 Å². The number of piperazine rings is 1. The molecule has 4 nitrogen and oxygen atoms in total. The molecule has 3 heterocycles. The van der Waals surface area contributed by atoms with Gasteiger partial charge in [-0.05, 0) is 23.9 Å². The summed E-state index contributed by atoms with van der Waals surface area (Å²) in [4.78, 5) is 18.2. The summed E-state index contributed by atoms with van der Waals surface area (Å²) in [5, 5.41) is 4.57. The molecule has 1 amide bonds. The first kappa shape index (κ1) is 14.2. The Morgan fingerprint density at radius 3 is 2.82 bits per heavy atom. The fourth-order valence-corrected chi connectivity index (χ4v) is 4.55. The zero-order valence-electron chi connectivity index (χ0n) is 12.6. The zero-order valence-corrected chi connectivity index (χ0v) is 13.4. The lowest BCUT2D eigenvalue weighted by Gasteiger charge is -2.32. The molecule has 22 heavy (non-hydrogen) atoms. The number of likely N-dealkylation sites (tertiary alicyclic amines) is 1. The molecule has 1 aromatic carbocycles. The van der Waals surface area contributed by atoms with Crippen LogP contribution in [0, 0.1) is 0 Å². The van der Waals surface area contributed by atoms with Gasteiger partial charge in [-0.3, -0.25) is 9.69 Å². The van der Waals surface area contributed by atoms with Crippen LogP contribution in [0.15, 0.2) is 30.3 Å². The van der Waals surface area contributed by atoms with E-state index in [4.69, 9.17) is 0 Å². The van der Waals surface area contributed by atoms with Gasteiger partial charge in [0, 0.05) is 50.0 Å². The molecule has 2 aliphatic heterocycles. The predicted octanol–water partition coefficient (Wildman–Crippen LogP) is 2.02. The first-order valence-electron chi connectivity index (χ1n) is 8.04. The SMILES string of the molecule is O=C(c1cc2ccccc2s1)N1CCC(N2CCNCC2)C1. The van der Waals surface area contributed by atoms with E-state index in [0.29, 0.717) is 6.04 Å². The van der Waals surface area contributed by atoms with Crippen LogP contribution in [0.3, 0.4) is 0 Å². The Labute approximate surface area is 134 Å². The Morgan fingerprint density at radius 1 is 1.18 bits per heavy atom. The minimum atomic E-state index is 0.207. The van der Waals surface area contributed by atoms with E-state index < -0.39 is 0 Å². The van der Waals surface area contributed by atoms with Crippen LogP contribution in [0.2, 0.25) is 0 Å². The van der Waals surface area contributed by atoms with Crippen molar-refractivity contribution in [1.29, 1.82) is 0 Å². The van der Waals surface area contributed by atoms with Crippen LogP contribution in [0.5, 0.6) is 0 Å². The number of nitrogens with one attached hydrogen (secondary N) is 1. The Hall–Kier alpha value is -1.43. The molecule has 1 N–H and O–H groups in total. The van der Waals surface area contributed by atoms with Crippen molar-refractivity contribution in [3.8, 4) is 0 Å². The van der Waals surface area contributed by atoms with E-state index in [1.165, 1.54) is 10.1 Å². The molecule has 5 heteroatoms. The van der Waals surface area contributed by atoms with Gasteiger partial charge in [-0.1, -0.05) is 18.2 Å². The highest BCUT2D eigenvalue weighted by Gasteiger charge is 2.31. The summed E-state index contributed by atoms with van der Waals surface area (Å²) in [5.41, 5.74) is 0. The molecule has 116 valence electrons. The van der Waals surface area contributed by atoms with Crippen LogP contribution < -0.4 is 5.32 Å². The summed E-state index contributed by atoms with van der Waals surface area (Å²) in [6.07, 6.45) is 1.11. The van der Waals surface area contributed by atoms with Crippen molar-refractivity contribution in [3.63, 3.8) is 0 Å². The van der Waals surface area contributed by atoms with Gasteiger partial charge >= 0.3 is 0 Å². The number of nitrogens with zero attached hydrogens (tertiary/aromatic N) is 2. The van der Waals surface area contributed by atoms with Crippen molar-refractivity contribution in [3.05, 3.63) is 35.2 Å². The number of thiophene rings is 1. The minimum absolute atomic E-state index is 0.207. The summed E-state index contributed by atoms with van der Waals surface area (Å²) < 4.78 is 1.20. The molecular weight excluding hydrogens is 294 g/mol. The number of hydrogen-bond acceptors (Lipinski definition) is 4. The van der Waals surface area contributed by atoms with Gasteiger partial charge in [0.1, 0.15) is 0 Å². The van der Waals surface area contributed by atoms with Gasteiger partial charge in [-0.15, -0.1) is 11.3 Å². The quantitative estimate of drug-likeness (QED) is 0.921. The van der Waals surface area contributed by atoms with E-state index in [2.05, 4.69) is 22.3 Å². The second kappa shape index (κ2) is 5.99. The number of hydrogen-bond donors (Lipinski definition) is 1. The Morgan fingerprint density at radius 2 is 2.00 bits per heavy atom. The van der Waals surface area contributed by atoms with Crippen molar-refractivity contribution in [2.45, 2.75) is 12.5 Å². The average Bonchev–Trinajstić information content (AvgIpc) is 3.22. The lowest BCUT2D eigenvalue weighted by Crippen LogP contribution is -2.49. The predicted molar refractivity (Wildman–Crippen MR) is 90.6 cm³/mol. The molecule has 4 rings (SSSR count). The Balaban J connectivity index is 1.46. The maximum Gasteiger partial charge on any atom is 0.264 e. The van der Waals surface area contributed by atoms with Gasteiger partial charge < -0.3 is 10.2 Å². The molecule has 2 saturated heterocycles. The normalized spacial score (nSPS) is 23.3. The highest BCUT2D eigenvalue weighted by Crippen LogP contribution is 2.28. The van der Waals surface area contributed by atoms with Crippen molar-refractivity contribution in [2.24, 2.45) is 0 Å². The lowest BCUT2D eigenvalue weighted by molar-refractivity contribution is 0.0778. The maximum absolute atomic E-state index is 12.8. The highest BCUT2D eigenvalue weighted by atomic mass is 32.1. The number of carbonyl (C=O) groups excluding carboxylic acids is 1. The lowest BCUT2D eigenvalue weighted by atomic mass is 10.2. The standard InChI is InChI=1S/C17H21N3OS/c21-17(16-11-13-3-1-2-4-15(13)22-16)20-8-5-14(12-20)19-9-6-18-7-10-19/h1-4,11,14,18H,5-10,12H2. The third-order valence-electron chi connectivity index (χ3n) is 4.75. The van der Waals surface area contributed by atoms with Gasteiger partial charge in [0.05, 0.1) is 4.88 Å². The van der Waals surface area contributed by atoms with Crippen molar-refractivity contribution >= 4 is 27.3 Å². The van der Waals surface area contributed by atoms with Crippen LogP contribution in [-0.2, 0) is 0 Å². The zero-order chi connectivity index (χ0) is 14.9. The molecule has 0 radical (unpaired) electrons. The smallest absolute Gasteiger partial charge is 0.264 e. The van der Waals surface area contributed by atoms with E-state index in [-0.39, 0.29) is 5.91 Å². The average molecular weight is 315 g/mol. The van der Waals surface area contributed by atoms with Gasteiger partial charge in [-0.2, -0.15) is 0 Å². The fraction of sp³-hybridized carbons (Fsp3) is 0.471. The number of rotatable bonds is 2. The Bertz CT molecular complexity index is 644. The summed E-state index contributed by atoms with van der Waals surface area (Å²) in [5.74, 6) is 0.207. The molecule has 0 aliphatic carbocycles. The van der Waals surface area contributed by atoms with Crippen LogP contribution in [0.4, 0.5) is 0 Å². The largest absolute Gasteiger partial charge is 0.336 e. The van der Waals surface area contributed by atoms with Crippen LogP contribution >= 0.6 is 11.3 Å². The molecule has 1 atom stereocenters. The summed E-state index contributed by atoms with van der Waals surface area (Å²) in [6, 6.07) is 10.8. The molecule has 2 aromatic rings. The molecule has 0 spiro atoms. The van der Waals surface area contributed by atoms with Crippen molar-refractivity contribution in [1.82, 2.24) is 15.1 Å². The first-order valence-corrected chi connectivity index (χ1v) is 8.85. The van der Waals surface area contributed by atoms with E-state index >= 15 is 0 Å². The van der Waals surface area contributed by atoms with Crippen LogP contribution in [0.25, 0.3) is 10.1 Å². The van der Waals surface area contributed by atoms with Gasteiger partial charge in [0.15, 0.2) is 0 Å². The van der Waals surface area contributed by atoms with Gasteiger partial charge in [0.2, 0.25) is 0 Å². The topological polar surface area (TPSA) is 35.6 Å². The molecule has 2 fully saturated rings. The highest BCUT2D eigenvalue weighted by molar-refractivity contribution is 7.20. The number of fused-ring (bicyclic) bond motifs is 1. The fourth-order valence-electron chi connectivity index (χ4n) is 3.51. The summed E-state index contributed by atoms with van der Waals surface area (Å²) in [7, 11) is 0. The second-order valence-electron chi connectivity index (χ2n) is 6.13. The maximum atomic E-state index is 12.8. The molecule has 1 unspecified atom stereocenters. The third-order valence-corrected chi connectivity index (χ3v) is 5.86.